The summed E-state index contributed by atoms with van der Waals surface area (Å²) >= 11 is 0. The summed E-state index contributed by atoms with van der Waals surface area (Å²) in [5.74, 6) is -0.461. The molecule has 0 aromatic rings. The number of hydrogen-bond donors (Lipinski definition) is 4. The predicted octanol–water partition coefficient (Wildman–Crippen LogP) is -1.63. The highest BCUT2D eigenvalue weighted by Crippen LogP contribution is 2.30. The first-order valence-electron chi connectivity index (χ1n) is 3.55. The van der Waals surface area contributed by atoms with Crippen LogP contribution in [0.2, 0.25) is 0 Å². The Hall–Kier alpha value is -0.200. The third-order valence-corrected chi connectivity index (χ3v) is 2.24. The number of hydroxylamine groups is 2. The fourth-order valence-electron chi connectivity index (χ4n) is 1.36. The van der Waals surface area contributed by atoms with Crippen LogP contribution in [0.3, 0.4) is 0 Å². The number of aliphatic hydroxyl groups excluding tert-OH is 2. The van der Waals surface area contributed by atoms with Crippen molar-refractivity contribution < 1.29 is 20.5 Å². The lowest BCUT2D eigenvalue weighted by molar-refractivity contribution is -0.268. The molecule has 1 fully saturated rings. The van der Waals surface area contributed by atoms with Gasteiger partial charge in [0.1, 0.15) is 0 Å². The topological polar surface area (TPSA) is 84.2 Å². The van der Waals surface area contributed by atoms with Gasteiger partial charge in [-0.25, -0.2) is 0 Å². The van der Waals surface area contributed by atoms with Crippen molar-refractivity contribution in [3.05, 3.63) is 0 Å². The molecule has 0 spiro atoms. The second-order valence-electron chi connectivity index (χ2n) is 2.83. The molecule has 5 nitrogen and oxygen atoms in total. The van der Waals surface area contributed by atoms with Crippen molar-refractivity contribution in [1.29, 1.82) is 0 Å². The normalized spacial score (nSPS) is 39.8. The van der Waals surface area contributed by atoms with Gasteiger partial charge in [-0.2, -0.15) is 5.06 Å². The monoisotopic (exact) mass is 163 g/mol. The van der Waals surface area contributed by atoms with Gasteiger partial charge in [0.15, 0.2) is 5.72 Å². The van der Waals surface area contributed by atoms with Gasteiger partial charge in [-0.1, -0.05) is 0 Å². The molecule has 1 aliphatic rings. The minimum absolute atomic E-state index is 0.228. The van der Waals surface area contributed by atoms with Gasteiger partial charge in [0.05, 0.1) is 13.2 Å². The van der Waals surface area contributed by atoms with Crippen molar-refractivity contribution in [2.45, 2.75) is 12.1 Å². The van der Waals surface area contributed by atoms with Crippen molar-refractivity contribution in [2.24, 2.45) is 5.92 Å². The second kappa shape index (κ2) is 3.04. The summed E-state index contributed by atoms with van der Waals surface area (Å²) < 4.78 is 0. The van der Waals surface area contributed by atoms with Crippen LogP contribution in [0.15, 0.2) is 0 Å². The van der Waals surface area contributed by atoms with Crippen molar-refractivity contribution in [3.63, 3.8) is 0 Å². The van der Waals surface area contributed by atoms with Gasteiger partial charge in [-0.15, -0.1) is 0 Å². The SMILES string of the molecule is OCC1CCN(O)C1(O)CO. The third kappa shape index (κ3) is 1.25. The van der Waals surface area contributed by atoms with E-state index in [1.165, 1.54) is 0 Å². The van der Waals surface area contributed by atoms with Crippen LogP contribution in [0.4, 0.5) is 0 Å². The lowest BCUT2D eigenvalue weighted by atomic mass is 9.99. The van der Waals surface area contributed by atoms with Gasteiger partial charge in [-0.05, 0) is 6.42 Å². The smallest absolute Gasteiger partial charge is 0.168 e. The Morgan fingerprint density at radius 1 is 1.45 bits per heavy atom. The Kier molecular flexibility index (Phi) is 2.46. The van der Waals surface area contributed by atoms with Gasteiger partial charge >= 0.3 is 0 Å². The van der Waals surface area contributed by atoms with E-state index in [4.69, 9.17) is 15.4 Å². The fourth-order valence-corrected chi connectivity index (χ4v) is 1.36. The van der Waals surface area contributed by atoms with Crippen LogP contribution in [0, 0.1) is 5.92 Å². The second-order valence-corrected chi connectivity index (χ2v) is 2.83. The molecular formula is C6H13NO4. The first-order chi connectivity index (χ1) is 5.15. The van der Waals surface area contributed by atoms with Gasteiger partial charge < -0.3 is 20.5 Å². The van der Waals surface area contributed by atoms with Crippen molar-refractivity contribution in [1.82, 2.24) is 5.06 Å². The van der Waals surface area contributed by atoms with E-state index in [9.17, 15) is 5.11 Å². The molecule has 1 heterocycles. The average molecular weight is 163 g/mol. The van der Waals surface area contributed by atoms with Gasteiger partial charge in [0, 0.05) is 12.5 Å². The average Bonchev–Trinajstić information content (AvgIpc) is 2.30. The zero-order valence-corrected chi connectivity index (χ0v) is 6.14. The van der Waals surface area contributed by atoms with E-state index in [1.54, 1.807) is 0 Å². The van der Waals surface area contributed by atoms with Crippen LogP contribution in [-0.4, -0.2) is 51.1 Å². The van der Waals surface area contributed by atoms with Gasteiger partial charge in [0.25, 0.3) is 0 Å². The standard InChI is InChI=1S/C6H13NO4/c8-3-5-1-2-7(11)6(5,10)4-9/h5,8-11H,1-4H2. The summed E-state index contributed by atoms with van der Waals surface area (Å²) in [5, 5.41) is 36.7. The quantitative estimate of drug-likeness (QED) is 0.393. The molecule has 0 aromatic carbocycles. The minimum Gasteiger partial charge on any atom is -0.396 e. The number of aliphatic hydroxyl groups is 3. The molecule has 2 unspecified atom stereocenters. The van der Waals surface area contributed by atoms with Crippen molar-refractivity contribution in [3.8, 4) is 0 Å². The van der Waals surface area contributed by atoms with Crippen LogP contribution in [-0.2, 0) is 0 Å². The Balaban J connectivity index is 2.70. The molecule has 2 atom stereocenters. The predicted molar refractivity (Wildman–Crippen MR) is 35.7 cm³/mol. The van der Waals surface area contributed by atoms with Crippen LogP contribution in [0.5, 0.6) is 0 Å². The van der Waals surface area contributed by atoms with E-state index >= 15 is 0 Å². The summed E-state index contributed by atoms with van der Waals surface area (Å²) in [5.41, 5.74) is -1.64. The van der Waals surface area contributed by atoms with Crippen molar-refractivity contribution >= 4 is 0 Å². The van der Waals surface area contributed by atoms with Crippen LogP contribution in [0.1, 0.15) is 6.42 Å². The van der Waals surface area contributed by atoms with Crippen molar-refractivity contribution in [2.75, 3.05) is 19.8 Å². The zero-order valence-electron chi connectivity index (χ0n) is 6.14. The molecule has 0 amide bonds. The number of nitrogens with zero attached hydrogens (tertiary/aromatic N) is 1. The first kappa shape index (κ1) is 8.89. The minimum atomic E-state index is -1.64. The molecule has 0 bridgehead atoms. The Labute approximate surface area is 64.4 Å². The summed E-state index contributed by atoms with van der Waals surface area (Å²) in [4.78, 5) is 0. The molecular weight excluding hydrogens is 150 g/mol. The van der Waals surface area contributed by atoms with E-state index in [0.717, 1.165) is 0 Å². The Bertz CT molecular complexity index is 143. The molecule has 1 aliphatic heterocycles. The molecule has 1 rings (SSSR count). The molecule has 0 radical (unpaired) electrons. The molecule has 0 aliphatic carbocycles. The fraction of sp³-hybridized carbons (Fsp3) is 1.00. The molecule has 0 aromatic heterocycles. The largest absolute Gasteiger partial charge is 0.396 e. The van der Waals surface area contributed by atoms with Crippen LogP contribution < -0.4 is 0 Å². The van der Waals surface area contributed by atoms with E-state index in [1.807, 2.05) is 0 Å². The summed E-state index contributed by atoms with van der Waals surface area (Å²) in [6.07, 6.45) is 0.490. The summed E-state index contributed by atoms with van der Waals surface area (Å²) in [7, 11) is 0. The molecule has 11 heavy (non-hydrogen) atoms. The molecule has 0 saturated carbocycles. The Morgan fingerprint density at radius 3 is 2.45 bits per heavy atom. The highest BCUT2D eigenvalue weighted by atomic mass is 16.6. The maximum Gasteiger partial charge on any atom is 0.168 e. The molecule has 5 heteroatoms. The maximum atomic E-state index is 9.49. The first-order valence-corrected chi connectivity index (χ1v) is 3.55. The Morgan fingerprint density at radius 2 is 2.09 bits per heavy atom. The van der Waals surface area contributed by atoms with E-state index < -0.39 is 18.2 Å². The van der Waals surface area contributed by atoms with Crippen LogP contribution >= 0.6 is 0 Å². The number of hydrogen-bond acceptors (Lipinski definition) is 5. The van der Waals surface area contributed by atoms with E-state index in [-0.39, 0.29) is 13.2 Å². The lowest BCUT2D eigenvalue weighted by Gasteiger charge is -2.30. The van der Waals surface area contributed by atoms with Gasteiger partial charge in [0.2, 0.25) is 0 Å². The maximum absolute atomic E-state index is 9.49. The highest BCUT2D eigenvalue weighted by Gasteiger charge is 2.46. The van der Waals surface area contributed by atoms with Gasteiger partial charge in [-0.3, -0.25) is 0 Å². The molecule has 1 saturated heterocycles. The lowest BCUT2D eigenvalue weighted by Crippen LogP contribution is -2.50. The molecule has 4 N–H and O–H groups in total. The molecule has 66 valence electrons. The van der Waals surface area contributed by atoms with Crippen LogP contribution in [0.25, 0.3) is 0 Å². The zero-order chi connectivity index (χ0) is 8.48. The summed E-state index contributed by atoms with van der Waals surface area (Å²) in [6, 6.07) is 0. The summed E-state index contributed by atoms with van der Waals surface area (Å²) in [6.45, 7) is -0.509. The highest BCUT2D eigenvalue weighted by molar-refractivity contribution is 4.88. The third-order valence-electron chi connectivity index (χ3n) is 2.24. The number of rotatable bonds is 2. The van der Waals surface area contributed by atoms with E-state index in [0.29, 0.717) is 11.5 Å². The van der Waals surface area contributed by atoms with E-state index in [2.05, 4.69) is 0 Å².